The van der Waals surface area contributed by atoms with E-state index in [-0.39, 0.29) is 23.5 Å². The monoisotopic (exact) mass is 465 g/mol. The molecular formula is C20H20FN3O7S. The van der Waals surface area contributed by atoms with E-state index in [4.69, 9.17) is 4.74 Å². The van der Waals surface area contributed by atoms with Gasteiger partial charge in [0.25, 0.3) is 5.91 Å². The van der Waals surface area contributed by atoms with Crippen molar-refractivity contribution >= 4 is 33.3 Å². The Kier molecular flexibility index (Phi) is 7.15. The van der Waals surface area contributed by atoms with Crippen molar-refractivity contribution < 1.29 is 32.1 Å². The highest BCUT2D eigenvalue weighted by atomic mass is 32.2. The molecule has 0 aliphatic carbocycles. The third-order valence-electron chi connectivity index (χ3n) is 4.85. The Balaban J connectivity index is 1.65. The molecule has 1 saturated heterocycles. The smallest absolute Gasteiger partial charge is 0.324 e. The van der Waals surface area contributed by atoms with Crippen LogP contribution in [0.15, 0.2) is 53.4 Å². The van der Waals surface area contributed by atoms with Crippen LogP contribution in [-0.4, -0.2) is 48.7 Å². The Labute approximate surface area is 183 Å². The summed E-state index contributed by atoms with van der Waals surface area (Å²) in [6, 6.07) is 9.41. The average Bonchev–Trinajstić information content (AvgIpc) is 2.79. The molecule has 0 aromatic heterocycles. The summed E-state index contributed by atoms with van der Waals surface area (Å²) in [5.74, 6) is -2.74. The number of nitrogens with zero attached hydrogens (tertiary/aromatic N) is 2. The maximum absolute atomic E-state index is 13.4. The second-order valence-electron chi connectivity index (χ2n) is 7.02. The number of nitro benzene ring substituents is 1. The number of hydrogen-bond donors (Lipinski definition) is 1. The topological polar surface area (TPSA) is 136 Å². The van der Waals surface area contributed by atoms with E-state index in [0.29, 0.717) is 12.8 Å². The molecule has 2 aromatic rings. The van der Waals surface area contributed by atoms with Gasteiger partial charge in [-0.1, -0.05) is 18.2 Å². The summed E-state index contributed by atoms with van der Waals surface area (Å²) in [5.41, 5.74) is -0.867. The molecule has 1 amide bonds. The number of sulfonamides is 1. The van der Waals surface area contributed by atoms with Gasteiger partial charge in [-0.2, -0.15) is 8.70 Å². The van der Waals surface area contributed by atoms with E-state index in [9.17, 15) is 32.5 Å². The van der Waals surface area contributed by atoms with Crippen LogP contribution < -0.4 is 5.32 Å². The Morgan fingerprint density at radius 2 is 1.91 bits per heavy atom. The van der Waals surface area contributed by atoms with Crippen LogP contribution in [-0.2, 0) is 24.3 Å². The second-order valence-corrected chi connectivity index (χ2v) is 8.91. The van der Waals surface area contributed by atoms with Gasteiger partial charge in [0.2, 0.25) is 15.8 Å². The highest BCUT2D eigenvalue weighted by Gasteiger charge is 2.38. The van der Waals surface area contributed by atoms with Crippen molar-refractivity contribution in [2.24, 2.45) is 0 Å². The quantitative estimate of drug-likeness (QED) is 0.377. The van der Waals surface area contributed by atoms with Crippen molar-refractivity contribution in [2.75, 3.05) is 18.5 Å². The number of esters is 1. The molecule has 0 spiro atoms. The van der Waals surface area contributed by atoms with Gasteiger partial charge in [0.15, 0.2) is 6.61 Å². The minimum Gasteiger partial charge on any atom is -0.454 e. The SMILES string of the molecule is O=C(COC(=O)C1CCCCN1S(=O)(=O)c1ccccc1)Nc1ccc(F)c([N+](=O)[O-])c1. The second kappa shape index (κ2) is 9.83. The summed E-state index contributed by atoms with van der Waals surface area (Å²) in [6.45, 7) is -0.595. The molecule has 1 fully saturated rings. The Morgan fingerprint density at radius 1 is 1.19 bits per heavy atom. The molecule has 1 aliphatic heterocycles. The summed E-state index contributed by atoms with van der Waals surface area (Å²) in [7, 11) is -3.93. The average molecular weight is 465 g/mol. The molecular weight excluding hydrogens is 445 g/mol. The Bertz CT molecular complexity index is 1130. The summed E-state index contributed by atoms with van der Waals surface area (Å²) in [5, 5.41) is 13.1. The van der Waals surface area contributed by atoms with Gasteiger partial charge < -0.3 is 10.1 Å². The van der Waals surface area contributed by atoms with Crippen molar-refractivity contribution in [1.29, 1.82) is 0 Å². The number of carbonyl (C=O) groups is 2. The van der Waals surface area contributed by atoms with Gasteiger partial charge in [-0.3, -0.25) is 19.7 Å². The zero-order valence-corrected chi connectivity index (χ0v) is 17.6. The minimum atomic E-state index is -3.93. The highest BCUT2D eigenvalue weighted by molar-refractivity contribution is 7.89. The van der Waals surface area contributed by atoms with Crippen molar-refractivity contribution in [3.8, 4) is 0 Å². The van der Waals surface area contributed by atoms with Crippen LogP contribution in [0.1, 0.15) is 19.3 Å². The molecule has 0 bridgehead atoms. The van der Waals surface area contributed by atoms with E-state index in [2.05, 4.69) is 5.32 Å². The van der Waals surface area contributed by atoms with E-state index in [1.807, 2.05) is 0 Å². The van der Waals surface area contributed by atoms with Crippen LogP contribution >= 0.6 is 0 Å². The number of benzene rings is 2. The fraction of sp³-hybridized carbons (Fsp3) is 0.300. The summed E-state index contributed by atoms with van der Waals surface area (Å²) < 4.78 is 45.4. The lowest BCUT2D eigenvalue weighted by atomic mass is 10.1. The summed E-state index contributed by atoms with van der Waals surface area (Å²) in [4.78, 5) is 34.6. The van der Waals surface area contributed by atoms with Crippen LogP contribution in [0.3, 0.4) is 0 Å². The van der Waals surface area contributed by atoms with Gasteiger partial charge >= 0.3 is 11.7 Å². The maximum Gasteiger partial charge on any atom is 0.324 e. The zero-order valence-electron chi connectivity index (χ0n) is 16.8. The fourth-order valence-electron chi connectivity index (χ4n) is 3.32. The number of hydrogen-bond acceptors (Lipinski definition) is 7. The minimum absolute atomic E-state index is 0.0508. The number of ether oxygens (including phenoxy) is 1. The number of carbonyl (C=O) groups excluding carboxylic acids is 2. The summed E-state index contributed by atoms with van der Waals surface area (Å²) in [6.07, 6.45) is 1.45. The number of amides is 1. The first-order valence-electron chi connectivity index (χ1n) is 9.67. The highest BCUT2D eigenvalue weighted by Crippen LogP contribution is 2.26. The molecule has 1 aliphatic rings. The van der Waals surface area contributed by atoms with Crippen LogP contribution in [0.25, 0.3) is 0 Å². The van der Waals surface area contributed by atoms with Gasteiger partial charge in [0.05, 0.1) is 9.82 Å². The molecule has 3 rings (SSSR count). The van der Waals surface area contributed by atoms with E-state index in [1.165, 1.54) is 12.1 Å². The lowest BCUT2D eigenvalue weighted by molar-refractivity contribution is -0.387. The number of piperidine rings is 1. The molecule has 1 atom stereocenters. The maximum atomic E-state index is 13.4. The fourth-order valence-corrected chi connectivity index (χ4v) is 4.98. The molecule has 2 aromatic carbocycles. The standard InChI is InChI=1S/C20H20FN3O7S/c21-16-10-9-14(12-18(16)24(27)28)22-19(25)13-31-20(26)17-8-4-5-11-23(17)32(29,30)15-6-2-1-3-7-15/h1-3,6-7,9-10,12,17H,4-5,8,11,13H2,(H,22,25). The first-order chi connectivity index (χ1) is 15.2. The van der Waals surface area contributed by atoms with Gasteiger partial charge in [0.1, 0.15) is 6.04 Å². The number of nitro groups is 1. The molecule has 0 saturated carbocycles. The number of rotatable bonds is 7. The van der Waals surface area contributed by atoms with E-state index in [1.54, 1.807) is 18.2 Å². The van der Waals surface area contributed by atoms with Crippen LogP contribution in [0.4, 0.5) is 15.8 Å². The number of nitrogens with one attached hydrogen (secondary N) is 1. The van der Waals surface area contributed by atoms with Gasteiger partial charge in [-0.15, -0.1) is 0 Å². The molecule has 1 heterocycles. The van der Waals surface area contributed by atoms with Crippen molar-refractivity contribution in [3.05, 3.63) is 64.5 Å². The number of halogens is 1. The molecule has 170 valence electrons. The van der Waals surface area contributed by atoms with Gasteiger partial charge in [0, 0.05) is 18.3 Å². The first kappa shape index (κ1) is 23.3. The lowest BCUT2D eigenvalue weighted by Crippen LogP contribution is -2.48. The van der Waals surface area contributed by atoms with Crippen molar-refractivity contribution in [1.82, 2.24) is 4.31 Å². The Morgan fingerprint density at radius 3 is 2.59 bits per heavy atom. The predicted molar refractivity (Wildman–Crippen MR) is 111 cm³/mol. The largest absolute Gasteiger partial charge is 0.454 e. The Hall–Kier alpha value is -3.38. The van der Waals surface area contributed by atoms with Gasteiger partial charge in [-0.05, 0) is 43.5 Å². The third kappa shape index (κ3) is 5.26. The molecule has 12 heteroatoms. The van der Waals surface area contributed by atoms with E-state index >= 15 is 0 Å². The summed E-state index contributed by atoms with van der Waals surface area (Å²) >= 11 is 0. The zero-order chi connectivity index (χ0) is 23.3. The van der Waals surface area contributed by atoms with Gasteiger partial charge in [-0.25, -0.2) is 8.42 Å². The molecule has 32 heavy (non-hydrogen) atoms. The number of anilines is 1. The molecule has 10 nitrogen and oxygen atoms in total. The first-order valence-corrected chi connectivity index (χ1v) is 11.1. The molecule has 1 N–H and O–H groups in total. The van der Waals surface area contributed by atoms with Crippen LogP contribution in [0.2, 0.25) is 0 Å². The van der Waals surface area contributed by atoms with E-state index < -0.39 is 51.0 Å². The van der Waals surface area contributed by atoms with Crippen LogP contribution in [0.5, 0.6) is 0 Å². The van der Waals surface area contributed by atoms with E-state index in [0.717, 1.165) is 22.5 Å². The predicted octanol–water partition coefficient (Wildman–Crippen LogP) is 2.46. The van der Waals surface area contributed by atoms with Crippen molar-refractivity contribution in [2.45, 2.75) is 30.2 Å². The molecule has 1 unspecified atom stereocenters. The lowest BCUT2D eigenvalue weighted by Gasteiger charge is -2.32. The van der Waals surface area contributed by atoms with Crippen molar-refractivity contribution in [3.63, 3.8) is 0 Å². The third-order valence-corrected chi connectivity index (χ3v) is 6.77. The normalized spacial score (nSPS) is 16.8. The van der Waals surface area contributed by atoms with Crippen LogP contribution in [0, 0.1) is 15.9 Å². The molecule has 0 radical (unpaired) electrons.